The molecule has 0 spiro atoms. The third-order valence-electron chi connectivity index (χ3n) is 2.39. The van der Waals surface area contributed by atoms with Crippen LogP contribution in [0.4, 0.5) is 5.88 Å². The van der Waals surface area contributed by atoms with Gasteiger partial charge in [0.2, 0.25) is 5.88 Å². The van der Waals surface area contributed by atoms with Crippen molar-refractivity contribution in [2.24, 2.45) is 0 Å². The minimum Gasteiger partial charge on any atom is -0.495 e. The molecule has 2 aromatic rings. The Morgan fingerprint density at radius 2 is 2.19 bits per heavy atom. The number of hydrogen-bond donors (Lipinski definition) is 1. The Bertz CT molecular complexity index is 523. The van der Waals surface area contributed by atoms with Crippen LogP contribution in [0.3, 0.4) is 0 Å². The van der Waals surface area contributed by atoms with E-state index in [2.05, 4.69) is 5.16 Å². The van der Waals surface area contributed by atoms with Crippen molar-refractivity contribution < 1.29 is 9.26 Å². The number of ether oxygens (including phenoxy) is 1. The molecule has 0 aliphatic carbocycles. The number of aryl methyl sites for hydroxylation is 1. The quantitative estimate of drug-likeness (QED) is 0.874. The maximum atomic E-state index is 6.05. The van der Waals surface area contributed by atoms with Crippen molar-refractivity contribution in [3.05, 3.63) is 28.9 Å². The van der Waals surface area contributed by atoms with Crippen molar-refractivity contribution in [2.45, 2.75) is 6.92 Å². The van der Waals surface area contributed by atoms with Crippen molar-refractivity contribution in [1.29, 1.82) is 0 Å². The van der Waals surface area contributed by atoms with Gasteiger partial charge in [-0.05, 0) is 18.6 Å². The van der Waals surface area contributed by atoms with Crippen molar-refractivity contribution in [2.75, 3.05) is 12.8 Å². The van der Waals surface area contributed by atoms with E-state index in [9.17, 15) is 0 Å². The number of hydrogen-bond acceptors (Lipinski definition) is 4. The summed E-state index contributed by atoms with van der Waals surface area (Å²) in [6.07, 6.45) is 1.55. The summed E-state index contributed by atoms with van der Waals surface area (Å²) in [5.74, 6) is 0.834. The number of nitrogens with zero attached hydrogens (tertiary/aromatic N) is 1. The molecule has 0 bridgehead atoms. The normalized spacial score (nSPS) is 10.4. The fourth-order valence-corrected chi connectivity index (χ4v) is 1.86. The summed E-state index contributed by atoms with van der Waals surface area (Å²) >= 11 is 6.05. The van der Waals surface area contributed by atoms with Gasteiger partial charge in [0, 0.05) is 5.56 Å². The second kappa shape index (κ2) is 4.06. The molecule has 0 radical (unpaired) electrons. The second-order valence-corrected chi connectivity index (χ2v) is 3.78. The Labute approximate surface area is 97.9 Å². The summed E-state index contributed by atoms with van der Waals surface area (Å²) in [6.45, 7) is 1.95. The molecule has 0 aliphatic rings. The lowest BCUT2D eigenvalue weighted by atomic mass is 10.0. The number of anilines is 1. The zero-order valence-electron chi connectivity index (χ0n) is 8.95. The van der Waals surface area contributed by atoms with Gasteiger partial charge < -0.3 is 15.0 Å². The molecule has 0 unspecified atom stereocenters. The highest BCUT2D eigenvalue weighted by molar-refractivity contribution is 6.32. The van der Waals surface area contributed by atoms with Crippen LogP contribution in [0.5, 0.6) is 5.75 Å². The first kappa shape index (κ1) is 10.8. The van der Waals surface area contributed by atoms with E-state index in [0.717, 1.165) is 11.1 Å². The third kappa shape index (κ3) is 1.61. The fourth-order valence-electron chi connectivity index (χ4n) is 1.63. The highest BCUT2D eigenvalue weighted by Crippen LogP contribution is 2.40. The minimum absolute atomic E-state index is 0.253. The smallest absolute Gasteiger partial charge is 0.230 e. The minimum atomic E-state index is 0.253. The molecule has 16 heavy (non-hydrogen) atoms. The Balaban J connectivity index is 2.73. The zero-order valence-corrected chi connectivity index (χ0v) is 9.71. The van der Waals surface area contributed by atoms with Crippen LogP contribution in [-0.2, 0) is 0 Å². The Kier molecular flexibility index (Phi) is 2.75. The third-order valence-corrected chi connectivity index (χ3v) is 2.69. The van der Waals surface area contributed by atoms with Crippen LogP contribution >= 0.6 is 11.6 Å². The van der Waals surface area contributed by atoms with Crippen LogP contribution in [0, 0.1) is 6.92 Å². The number of nitrogen functional groups attached to an aromatic ring is 1. The fraction of sp³-hybridized carbons (Fsp3) is 0.182. The lowest BCUT2D eigenvalue weighted by Gasteiger charge is -2.11. The lowest BCUT2D eigenvalue weighted by Crippen LogP contribution is -1.93. The monoisotopic (exact) mass is 238 g/mol. The maximum Gasteiger partial charge on any atom is 0.230 e. The van der Waals surface area contributed by atoms with E-state index < -0.39 is 0 Å². The predicted molar refractivity (Wildman–Crippen MR) is 62.7 cm³/mol. The summed E-state index contributed by atoms with van der Waals surface area (Å²) in [7, 11) is 1.56. The van der Waals surface area contributed by atoms with Crippen molar-refractivity contribution in [3.63, 3.8) is 0 Å². The van der Waals surface area contributed by atoms with Gasteiger partial charge in [0.15, 0.2) is 0 Å². The SMILES string of the molecule is COc1c(Cl)ccc(C)c1-c1cnoc1N. The van der Waals surface area contributed by atoms with Crippen LogP contribution in [-0.4, -0.2) is 12.3 Å². The molecule has 2 N–H and O–H groups in total. The summed E-state index contributed by atoms with van der Waals surface area (Å²) < 4.78 is 10.1. The molecule has 0 saturated heterocycles. The number of benzene rings is 1. The van der Waals surface area contributed by atoms with E-state index in [0.29, 0.717) is 16.3 Å². The van der Waals surface area contributed by atoms with Crippen molar-refractivity contribution in [1.82, 2.24) is 5.16 Å². The van der Waals surface area contributed by atoms with Gasteiger partial charge in [-0.2, -0.15) is 0 Å². The van der Waals surface area contributed by atoms with Crippen LogP contribution in [0.15, 0.2) is 22.9 Å². The second-order valence-electron chi connectivity index (χ2n) is 3.38. The first-order valence-corrected chi connectivity index (χ1v) is 5.06. The van der Waals surface area contributed by atoms with Gasteiger partial charge in [-0.15, -0.1) is 0 Å². The summed E-state index contributed by atoms with van der Waals surface area (Å²) in [4.78, 5) is 0. The molecular weight excluding hydrogens is 228 g/mol. The van der Waals surface area contributed by atoms with Crippen molar-refractivity contribution in [3.8, 4) is 16.9 Å². The van der Waals surface area contributed by atoms with Crippen molar-refractivity contribution >= 4 is 17.5 Å². The molecule has 0 atom stereocenters. The number of nitrogens with two attached hydrogens (primary N) is 1. The largest absolute Gasteiger partial charge is 0.495 e. The maximum absolute atomic E-state index is 6.05. The van der Waals surface area contributed by atoms with Gasteiger partial charge in [-0.1, -0.05) is 22.8 Å². The average Bonchev–Trinajstić information content (AvgIpc) is 2.67. The van der Waals surface area contributed by atoms with E-state index in [-0.39, 0.29) is 5.88 Å². The molecule has 5 heteroatoms. The highest BCUT2D eigenvalue weighted by atomic mass is 35.5. The molecule has 1 aromatic carbocycles. The molecule has 1 aromatic heterocycles. The molecule has 0 fully saturated rings. The zero-order chi connectivity index (χ0) is 11.7. The number of methoxy groups -OCH3 is 1. The van der Waals surface area contributed by atoms with Crippen LogP contribution in [0.25, 0.3) is 11.1 Å². The average molecular weight is 239 g/mol. The molecule has 0 saturated carbocycles. The van der Waals surface area contributed by atoms with Gasteiger partial charge in [0.1, 0.15) is 5.75 Å². The Morgan fingerprint density at radius 1 is 1.44 bits per heavy atom. The Hall–Kier alpha value is -1.68. The van der Waals surface area contributed by atoms with Crippen LogP contribution in [0.1, 0.15) is 5.56 Å². The van der Waals surface area contributed by atoms with E-state index in [1.165, 1.54) is 0 Å². The Morgan fingerprint density at radius 3 is 2.75 bits per heavy atom. The topological polar surface area (TPSA) is 61.3 Å². The predicted octanol–water partition coefficient (Wildman–Crippen LogP) is 2.89. The van der Waals surface area contributed by atoms with Gasteiger partial charge in [-0.3, -0.25) is 0 Å². The lowest BCUT2D eigenvalue weighted by molar-refractivity contribution is 0.416. The van der Waals surface area contributed by atoms with Crippen LogP contribution in [0.2, 0.25) is 5.02 Å². The number of halogens is 1. The van der Waals surface area contributed by atoms with E-state index in [1.54, 1.807) is 19.4 Å². The van der Waals surface area contributed by atoms with Gasteiger partial charge in [0.25, 0.3) is 0 Å². The first-order valence-electron chi connectivity index (χ1n) is 4.68. The van der Waals surface area contributed by atoms with Gasteiger partial charge >= 0.3 is 0 Å². The van der Waals surface area contributed by atoms with E-state index in [1.807, 2.05) is 13.0 Å². The van der Waals surface area contributed by atoms with Crippen LogP contribution < -0.4 is 10.5 Å². The van der Waals surface area contributed by atoms with Gasteiger partial charge in [0.05, 0.1) is 23.9 Å². The first-order chi connectivity index (χ1) is 7.65. The molecule has 1 heterocycles. The number of aromatic nitrogens is 1. The highest BCUT2D eigenvalue weighted by Gasteiger charge is 2.17. The molecule has 0 aliphatic heterocycles. The number of rotatable bonds is 2. The standard InChI is InChI=1S/C11H11ClN2O2/c1-6-3-4-8(12)10(15-2)9(6)7-5-14-16-11(7)13/h3-5H,13H2,1-2H3. The molecule has 84 valence electrons. The summed E-state index contributed by atoms with van der Waals surface area (Å²) in [6, 6.07) is 3.68. The van der Waals surface area contributed by atoms with Gasteiger partial charge in [-0.25, -0.2) is 0 Å². The molecular formula is C11H11ClN2O2. The molecule has 4 nitrogen and oxygen atoms in total. The summed E-state index contributed by atoms with van der Waals surface area (Å²) in [5.41, 5.74) is 8.19. The van der Waals surface area contributed by atoms with E-state index in [4.69, 9.17) is 26.6 Å². The molecule has 2 rings (SSSR count). The summed E-state index contributed by atoms with van der Waals surface area (Å²) in [5, 5.41) is 4.18. The molecule has 0 amide bonds. The van der Waals surface area contributed by atoms with E-state index >= 15 is 0 Å².